The number of likely N-dealkylation sites (tertiary alicyclic amines) is 1. The van der Waals surface area contributed by atoms with E-state index in [-0.39, 0.29) is 17.9 Å². The first-order valence-corrected chi connectivity index (χ1v) is 6.56. The number of carbonyl (C=O) groups excluding carboxylic acids is 1. The van der Waals surface area contributed by atoms with Gasteiger partial charge in [-0.25, -0.2) is 8.78 Å². The van der Waals surface area contributed by atoms with Gasteiger partial charge in [-0.05, 0) is 24.0 Å². The van der Waals surface area contributed by atoms with Crippen molar-refractivity contribution in [3.63, 3.8) is 0 Å². The van der Waals surface area contributed by atoms with Crippen molar-refractivity contribution in [3.05, 3.63) is 35.4 Å². The summed E-state index contributed by atoms with van der Waals surface area (Å²) in [5, 5.41) is 3.29. The highest BCUT2D eigenvalue weighted by molar-refractivity contribution is 5.79. The van der Waals surface area contributed by atoms with Gasteiger partial charge in [0.15, 0.2) is 0 Å². The number of hydrogen-bond acceptors (Lipinski definition) is 2. The molecule has 2 atom stereocenters. The molecule has 2 fully saturated rings. The van der Waals surface area contributed by atoms with Gasteiger partial charge in [0, 0.05) is 31.7 Å². The van der Waals surface area contributed by atoms with Gasteiger partial charge < -0.3 is 10.2 Å². The minimum Gasteiger partial charge on any atom is -0.342 e. The smallest absolute Gasteiger partial charge is 0.227 e. The maximum atomic E-state index is 13.5. The zero-order valence-electron chi connectivity index (χ0n) is 10.5. The summed E-state index contributed by atoms with van der Waals surface area (Å²) in [5.41, 5.74) is -0.123. The van der Waals surface area contributed by atoms with Gasteiger partial charge in [0.25, 0.3) is 0 Å². The average Bonchev–Trinajstić information content (AvgIpc) is 2.94. The maximum Gasteiger partial charge on any atom is 0.227 e. The van der Waals surface area contributed by atoms with Crippen LogP contribution in [-0.2, 0) is 11.2 Å². The van der Waals surface area contributed by atoms with E-state index in [9.17, 15) is 13.6 Å². The summed E-state index contributed by atoms with van der Waals surface area (Å²) in [4.78, 5) is 13.9. The van der Waals surface area contributed by atoms with Crippen LogP contribution in [0.1, 0.15) is 5.56 Å². The third-order valence-corrected chi connectivity index (χ3v) is 4.13. The molecule has 1 aromatic rings. The van der Waals surface area contributed by atoms with Crippen molar-refractivity contribution in [2.75, 3.05) is 26.2 Å². The van der Waals surface area contributed by atoms with Gasteiger partial charge in [-0.15, -0.1) is 0 Å². The van der Waals surface area contributed by atoms with E-state index in [1.807, 2.05) is 0 Å². The normalized spacial score (nSPS) is 25.7. The van der Waals surface area contributed by atoms with Crippen molar-refractivity contribution in [1.82, 2.24) is 10.2 Å². The molecule has 0 saturated carbocycles. The third kappa shape index (κ3) is 2.34. The van der Waals surface area contributed by atoms with E-state index in [2.05, 4.69) is 5.32 Å². The number of nitrogens with zero attached hydrogens (tertiary/aromatic N) is 1. The zero-order chi connectivity index (χ0) is 13.4. The van der Waals surface area contributed by atoms with Crippen molar-refractivity contribution < 1.29 is 13.6 Å². The van der Waals surface area contributed by atoms with Crippen molar-refractivity contribution in [1.29, 1.82) is 0 Å². The fraction of sp³-hybridized carbons (Fsp3) is 0.500. The molecule has 5 heteroatoms. The second kappa shape index (κ2) is 4.89. The number of fused-ring (bicyclic) bond motifs is 1. The molecule has 1 aromatic carbocycles. The molecule has 2 heterocycles. The van der Waals surface area contributed by atoms with Crippen LogP contribution in [0.4, 0.5) is 8.78 Å². The Morgan fingerprint density at radius 2 is 1.79 bits per heavy atom. The molecule has 19 heavy (non-hydrogen) atoms. The molecule has 1 amide bonds. The average molecular weight is 266 g/mol. The third-order valence-electron chi connectivity index (χ3n) is 4.13. The minimum atomic E-state index is -0.644. The summed E-state index contributed by atoms with van der Waals surface area (Å²) in [7, 11) is 0. The summed E-state index contributed by atoms with van der Waals surface area (Å²) in [6.45, 7) is 3.27. The van der Waals surface area contributed by atoms with Gasteiger partial charge in [0.05, 0.1) is 6.42 Å². The van der Waals surface area contributed by atoms with E-state index in [0.717, 1.165) is 13.1 Å². The minimum absolute atomic E-state index is 0.123. The molecule has 1 N–H and O–H groups in total. The number of rotatable bonds is 2. The fourth-order valence-corrected chi connectivity index (χ4v) is 3.02. The molecule has 102 valence electrons. The molecule has 2 aliphatic rings. The fourth-order valence-electron chi connectivity index (χ4n) is 3.02. The molecular formula is C14H16F2N2O. The molecule has 0 radical (unpaired) electrons. The first-order chi connectivity index (χ1) is 9.15. The van der Waals surface area contributed by atoms with Crippen LogP contribution in [0.2, 0.25) is 0 Å². The van der Waals surface area contributed by atoms with Gasteiger partial charge in [-0.3, -0.25) is 4.79 Å². The van der Waals surface area contributed by atoms with Crippen molar-refractivity contribution >= 4 is 5.91 Å². The predicted octanol–water partition coefficient (Wildman–Crippen LogP) is 1.19. The van der Waals surface area contributed by atoms with E-state index in [1.165, 1.54) is 18.2 Å². The van der Waals surface area contributed by atoms with E-state index in [1.54, 1.807) is 4.90 Å². The van der Waals surface area contributed by atoms with Crippen LogP contribution in [0.25, 0.3) is 0 Å². The van der Waals surface area contributed by atoms with E-state index in [0.29, 0.717) is 24.9 Å². The molecule has 0 bridgehead atoms. The molecule has 2 aliphatic heterocycles. The number of hydrogen-bond donors (Lipinski definition) is 1. The highest BCUT2D eigenvalue weighted by Gasteiger charge is 2.38. The van der Waals surface area contributed by atoms with Crippen molar-refractivity contribution in [3.8, 4) is 0 Å². The Bertz CT molecular complexity index is 474. The van der Waals surface area contributed by atoms with Crippen LogP contribution in [0.3, 0.4) is 0 Å². The zero-order valence-corrected chi connectivity index (χ0v) is 10.5. The molecular weight excluding hydrogens is 250 g/mol. The molecule has 0 aliphatic carbocycles. The van der Waals surface area contributed by atoms with Crippen LogP contribution in [0.5, 0.6) is 0 Å². The molecule has 2 saturated heterocycles. The number of nitrogens with one attached hydrogen (secondary N) is 1. The Kier molecular flexibility index (Phi) is 3.22. The lowest BCUT2D eigenvalue weighted by molar-refractivity contribution is -0.129. The maximum absolute atomic E-state index is 13.5. The second-order valence-corrected chi connectivity index (χ2v) is 5.35. The first kappa shape index (κ1) is 12.5. The van der Waals surface area contributed by atoms with Crippen LogP contribution in [0, 0.1) is 23.5 Å². The topological polar surface area (TPSA) is 32.3 Å². The van der Waals surface area contributed by atoms with E-state index < -0.39 is 11.6 Å². The Balaban J connectivity index is 1.69. The molecule has 3 nitrogen and oxygen atoms in total. The first-order valence-electron chi connectivity index (χ1n) is 6.56. The van der Waals surface area contributed by atoms with Crippen molar-refractivity contribution in [2.24, 2.45) is 11.8 Å². The van der Waals surface area contributed by atoms with Crippen LogP contribution in [-0.4, -0.2) is 37.0 Å². The monoisotopic (exact) mass is 266 g/mol. The van der Waals surface area contributed by atoms with Gasteiger partial charge in [0.2, 0.25) is 5.91 Å². The molecule has 0 spiro atoms. The lowest BCUT2D eigenvalue weighted by Crippen LogP contribution is -2.33. The molecule has 3 rings (SSSR count). The largest absolute Gasteiger partial charge is 0.342 e. The number of amides is 1. The lowest BCUT2D eigenvalue weighted by Gasteiger charge is -2.17. The number of carbonyl (C=O) groups is 1. The lowest BCUT2D eigenvalue weighted by atomic mass is 10.0. The predicted molar refractivity (Wildman–Crippen MR) is 66.5 cm³/mol. The van der Waals surface area contributed by atoms with E-state index in [4.69, 9.17) is 0 Å². The SMILES string of the molecule is O=C(Cc1c(F)cccc1F)N1C[C@H]2CNC[C@H]2C1. The summed E-state index contributed by atoms with van der Waals surface area (Å²) < 4.78 is 27.0. The van der Waals surface area contributed by atoms with Gasteiger partial charge in [-0.2, -0.15) is 0 Å². The second-order valence-electron chi connectivity index (χ2n) is 5.35. The Labute approximate surface area is 110 Å². The summed E-state index contributed by atoms with van der Waals surface area (Å²) in [5.74, 6) is -0.481. The highest BCUT2D eigenvalue weighted by Crippen LogP contribution is 2.27. The van der Waals surface area contributed by atoms with E-state index >= 15 is 0 Å². The van der Waals surface area contributed by atoms with Crippen LogP contribution < -0.4 is 5.32 Å². The Morgan fingerprint density at radius 3 is 2.37 bits per heavy atom. The van der Waals surface area contributed by atoms with Gasteiger partial charge >= 0.3 is 0 Å². The summed E-state index contributed by atoms with van der Waals surface area (Å²) in [6.07, 6.45) is -0.189. The standard InChI is InChI=1S/C14H16F2N2O/c15-12-2-1-3-13(16)11(12)4-14(19)18-7-9-5-17-6-10(9)8-18/h1-3,9-10,17H,4-8H2/t9-,10+. The van der Waals surface area contributed by atoms with Crippen molar-refractivity contribution in [2.45, 2.75) is 6.42 Å². The van der Waals surface area contributed by atoms with Crippen LogP contribution in [0.15, 0.2) is 18.2 Å². The highest BCUT2D eigenvalue weighted by atomic mass is 19.1. The van der Waals surface area contributed by atoms with Gasteiger partial charge in [-0.1, -0.05) is 6.07 Å². The molecule has 0 aromatic heterocycles. The van der Waals surface area contributed by atoms with Gasteiger partial charge in [0.1, 0.15) is 11.6 Å². The Hall–Kier alpha value is -1.49. The van der Waals surface area contributed by atoms with Crippen LogP contribution >= 0.6 is 0 Å². The Morgan fingerprint density at radius 1 is 1.21 bits per heavy atom. The number of benzene rings is 1. The molecule has 0 unspecified atom stereocenters. The quantitative estimate of drug-likeness (QED) is 0.872. The summed E-state index contributed by atoms with van der Waals surface area (Å²) >= 11 is 0. The summed E-state index contributed by atoms with van der Waals surface area (Å²) in [6, 6.07) is 3.69. The number of halogens is 2.